The Bertz CT molecular complexity index is 417. The summed E-state index contributed by atoms with van der Waals surface area (Å²) in [7, 11) is 0. The highest BCUT2D eigenvalue weighted by molar-refractivity contribution is 6.30. The second kappa shape index (κ2) is 6.53. The highest BCUT2D eigenvalue weighted by atomic mass is 35.5. The average Bonchev–Trinajstić information content (AvgIpc) is 2.37. The van der Waals surface area contributed by atoms with E-state index in [-0.39, 0.29) is 5.82 Å². The van der Waals surface area contributed by atoms with Crippen LogP contribution >= 0.6 is 11.6 Å². The van der Waals surface area contributed by atoms with Crippen molar-refractivity contribution in [2.45, 2.75) is 32.7 Å². The first kappa shape index (κ1) is 14.5. The van der Waals surface area contributed by atoms with E-state index in [2.05, 4.69) is 24.1 Å². The molecule has 1 fully saturated rings. The molecule has 5 heteroatoms. The SMILES string of the molecule is CC(C)NCC1CCN(c2ncc(Cl)cc2F)CC1. The molecule has 0 aromatic carbocycles. The van der Waals surface area contributed by atoms with Gasteiger partial charge in [0.05, 0.1) is 5.02 Å². The minimum atomic E-state index is -0.328. The third-order valence-electron chi connectivity index (χ3n) is 3.52. The third-order valence-corrected chi connectivity index (χ3v) is 3.72. The van der Waals surface area contributed by atoms with Crippen LogP contribution in [0, 0.1) is 11.7 Å². The number of aromatic nitrogens is 1. The Hall–Kier alpha value is -0.870. The van der Waals surface area contributed by atoms with Gasteiger partial charge in [0.1, 0.15) is 0 Å². The minimum Gasteiger partial charge on any atom is -0.354 e. The second-order valence-corrected chi connectivity index (χ2v) is 5.89. The molecule has 0 spiro atoms. The number of nitrogens with one attached hydrogen (secondary N) is 1. The fourth-order valence-electron chi connectivity index (χ4n) is 2.39. The molecule has 3 nitrogen and oxygen atoms in total. The van der Waals surface area contributed by atoms with Gasteiger partial charge in [-0.25, -0.2) is 9.37 Å². The lowest BCUT2D eigenvalue weighted by Crippen LogP contribution is -2.39. The van der Waals surface area contributed by atoms with Crippen LogP contribution in [0.1, 0.15) is 26.7 Å². The van der Waals surface area contributed by atoms with Crippen LogP contribution in [-0.4, -0.2) is 30.7 Å². The molecule has 0 radical (unpaired) electrons. The number of halogens is 2. The van der Waals surface area contributed by atoms with Gasteiger partial charge < -0.3 is 10.2 Å². The van der Waals surface area contributed by atoms with Crippen LogP contribution in [-0.2, 0) is 0 Å². The van der Waals surface area contributed by atoms with Crippen molar-refractivity contribution in [2.24, 2.45) is 5.92 Å². The maximum atomic E-state index is 13.8. The molecular weight excluding hydrogens is 265 g/mol. The van der Waals surface area contributed by atoms with Crippen LogP contribution in [0.15, 0.2) is 12.3 Å². The van der Waals surface area contributed by atoms with E-state index in [0.717, 1.165) is 32.5 Å². The number of pyridine rings is 1. The number of hydrogen-bond acceptors (Lipinski definition) is 3. The molecule has 1 aromatic rings. The molecule has 0 aliphatic carbocycles. The predicted octanol–water partition coefficient (Wildman–Crippen LogP) is 3.09. The van der Waals surface area contributed by atoms with Crippen molar-refractivity contribution in [3.8, 4) is 0 Å². The van der Waals surface area contributed by atoms with Gasteiger partial charge in [-0.2, -0.15) is 0 Å². The molecule has 0 saturated carbocycles. The molecule has 0 atom stereocenters. The summed E-state index contributed by atoms with van der Waals surface area (Å²) in [6.45, 7) is 7.07. The number of anilines is 1. The zero-order chi connectivity index (χ0) is 13.8. The van der Waals surface area contributed by atoms with E-state index in [1.54, 1.807) is 0 Å². The van der Waals surface area contributed by atoms with Crippen LogP contribution in [0.25, 0.3) is 0 Å². The van der Waals surface area contributed by atoms with E-state index >= 15 is 0 Å². The molecule has 0 unspecified atom stereocenters. The number of nitrogens with zero attached hydrogens (tertiary/aromatic N) is 2. The van der Waals surface area contributed by atoms with Crippen LogP contribution in [0.4, 0.5) is 10.2 Å². The molecule has 0 amide bonds. The van der Waals surface area contributed by atoms with Crippen LogP contribution < -0.4 is 10.2 Å². The van der Waals surface area contributed by atoms with Crippen molar-refractivity contribution in [2.75, 3.05) is 24.5 Å². The lowest BCUT2D eigenvalue weighted by Gasteiger charge is -2.33. The van der Waals surface area contributed by atoms with Gasteiger partial charge in [0, 0.05) is 25.3 Å². The fraction of sp³-hybridized carbons (Fsp3) is 0.643. The molecule has 106 valence electrons. The van der Waals surface area contributed by atoms with Gasteiger partial charge in [0.2, 0.25) is 0 Å². The Morgan fingerprint density at radius 2 is 2.16 bits per heavy atom. The first-order valence-corrected chi connectivity index (χ1v) is 7.23. The standard InChI is InChI=1S/C14H21ClFN3/c1-10(2)17-8-11-3-5-19(6-4-11)14-13(16)7-12(15)9-18-14/h7,9-11,17H,3-6,8H2,1-2H3. The number of piperidine rings is 1. The van der Waals surface area contributed by atoms with E-state index < -0.39 is 0 Å². The Labute approximate surface area is 119 Å². The monoisotopic (exact) mass is 285 g/mol. The molecule has 1 N–H and O–H groups in total. The van der Waals surface area contributed by atoms with Crippen molar-refractivity contribution in [1.82, 2.24) is 10.3 Å². The predicted molar refractivity (Wildman–Crippen MR) is 77.3 cm³/mol. The van der Waals surface area contributed by atoms with E-state index in [9.17, 15) is 4.39 Å². The van der Waals surface area contributed by atoms with Gasteiger partial charge in [-0.1, -0.05) is 25.4 Å². The maximum Gasteiger partial charge on any atom is 0.167 e. The zero-order valence-corrected chi connectivity index (χ0v) is 12.3. The van der Waals surface area contributed by atoms with Gasteiger partial charge >= 0.3 is 0 Å². The summed E-state index contributed by atoms with van der Waals surface area (Å²) in [5, 5.41) is 3.81. The highest BCUT2D eigenvalue weighted by Gasteiger charge is 2.22. The molecule has 1 aliphatic rings. The smallest absolute Gasteiger partial charge is 0.167 e. The average molecular weight is 286 g/mol. The quantitative estimate of drug-likeness (QED) is 0.921. The lowest BCUT2D eigenvalue weighted by molar-refractivity contribution is 0.368. The van der Waals surface area contributed by atoms with Crippen LogP contribution in [0.3, 0.4) is 0 Å². The van der Waals surface area contributed by atoms with Crippen LogP contribution in [0.5, 0.6) is 0 Å². The normalized spacial score (nSPS) is 17.2. The topological polar surface area (TPSA) is 28.2 Å². The summed E-state index contributed by atoms with van der Waals surface area (Å²) in [6.07, 6.45) is 3.65. The summed E-state index contributed by atoms with van der Waals surface area (Å²) >= 11 is 5.72. The minimum absolute atomic E-state index is 0.328. The summed E-state index contributed by atoms with van der Waals surface area (Å²) in [6, 6.07) is 1.85. The first-order valence-electron chi connectivity index (χ1n) is 6.85. The van der Waals surface area contributed by atoms with Crippen molar-refractivity contribution in [1.29, 1.82) is 0 Å². The summed E-state index contributed by atoms with van der Waals surface area (Å²) in [5.41, 5.74) is 0. The van der Waals surface area contributed by atoms with Gasteiger partial charge in [-0.3, -0.25) is 0 Å². The molecule has 1 aliphatic heterocycles. The summed E-state index contributed by atoms with van der Waals surface area (Å²) in [4.78, 5) is 6.12. The third kappa shape index (κ3) is 4.05. The largest absolute Gasteiger partial charge is 0.354 e. The molecule has 19 heavy (non-hydrogen) atoms. The Morgan fingerprint density at radius 3 is 2.74 bits per heavy atom. The zero-order valence-electron chi connectivity index (χ0n) is 11.5. The van der Waals surface area contributed by atoms with E-state index in [4.69, 9.17) is 11.6 Å². The Kier molecular flexibility index (Phi) is 4.99. The second-order valence-electron chi connectivity index (χ2n) is 5.45. The van der Waals surface area contributed by atoms with Crippen molar-refractivity contribution in [3.63, 3.8) is 0 Å². The molecular formula is C14H21ClFN3. The van der Waals surface area contributed by atoms with Gasteiger partial charge in [-0.05, 0) is 31.4 Å². The number of rotatable bonds is 4. The molecule has 1 aromatic heterocycles. The Morgan fingerprint density at radius 1 is 1.47 bits per heavy atom. The molecule has 1 saturated heterocycles. The summed E-state index contributed by atoms with van der Waals surface area (Å²) in [5.74, 6) is 0.778. The van der Waals surface area contributed by atoms with Crippen molar-refractivity contribution < 1.29 is 4.39 Å². The molecule has 2 rings (SSSR count). The highest BCUT2D eigenvalue weighted by Crippen LogP contribution is 2.25. The first-order chi connectivity index (χ1) is 9.06. The fourth-order valence-corrected chi connectivity index (χ4v) is 2.54. The summed E-state index contributed by atoms with van der Waals surface area (Å²) < 4.78 is 13.8. The van der Waals surface area contributed by atoms with Gasteiger partial charge in [0.25, 0.3) is 0 Å². The van der Waals surface area contributed by atoms with Crippen LogP contribution in [0.2, 0.25) is 5.02 Å². The van der Waals surface area contributed by atoms with E-state index in [1.165, 1.54) is 12.3 Å². The number of hydrogen-bond donors (Lipinski definition) is 1. The maximum absolute atomic E-state index is 13.8. The molecule has 2 heterocycles. The lowest BCUT2D eigenvalue weighted by atomic mass is 9.96. The van der Waals surface area contributed by atoms with Crippen molar-refractivity contribution >= 4 is 17.4 Å². The van der Waals surface area contributed by atoms with E-state index in [0.29, 0.717) is 22.8 Å². The van der Waals surface area contributed by atoms with Gasteiger partial charge in [0.15, 0.2) is 11.6 Å². The van der Waals surface area contributed by atoms with Crippen molar-refractivity contribution in [3.05, 3.63) is 23.1 Å². The molecule has 0 bridgehead atoms. The van der Waals surface area contributed by atoms with E-state index in [1.807, 2.05) is 4.90 Å². The Balaban J connectivity index is 1.89. The van der Waals surface area contributed by atoms with Gasteiger partial charge in [-0.15, -0.1) is 0 Å².